The van der Waals surface area contributed by atoms with E-state index in [0.29, 0.717) is 12.1 Å². The third-order valence-electron chi connectivity index (χ3n) is 4.86. The molecule has 0 aliphatic carbocycles. The number of Topliss-reactive ketones (excluding diaryl/α,β-unsaturated/α-hetero) is 1. The highest BCUT2D eigenvalue weighted by atomic mass is 79.9. The number of carbonyl (C=O) groups excluding carboxylic acids is 1. The van der Waals surface area contributed by atoms with Gasteiger partial charge in [-0.15, -0.1) is 0 Å². The molecule has 140 valence electrons. The highest BCUT2D eigenvalue weighted by molar-refractivity contribution is 6.30. The topological polar surface area (TPSA) is 35.1 Å². The van der Waals surface area contributed by atoms with E-state index in [-0.39, 0.29) is 22.8 Å². The number of rotatable bonds is 5. The zero-order valence-corrected chi connectivity index (χ0v) is 17.3. The third-order valence-corrected chi connectivity index (χ3v) is 5.11. The van der Waals surface area contributed by atoms with Crippen molar-refractivity contribution >= 4 is 17.4 Å². The van der Waals surface area contributed by atoms with Gasteiger partial charge in [-0.1, -0.05) is 11.6 Å². The Bertz CT molecular complexity index is 950. The number of carbonyl (C=O) groups is 1. The number of benzene rings is 2. The van der Waals surface area contributed by atoms with Crippen molar-refractivity contribution in [1.82, 2.24) is 4.57 Å². The van der Waals surface area contributed by atoms with Crippen molar-refractivity contribution in [2.75, 3.05) is 7.11 Å². The van der Waals surface area contributed by atoms with Gasteiger partial charge in [0.25, 0.3) is 5.82 Å². The van der Waals surface area contributed by atoms with Crippen molar-refractivity contribution in [3.63, 3.8) is 0 Å². The van der Waals surface area contributed by atoms with Crippen molar-refractivity contribution in [3.05, 3.63) is 71.1 Å². The fraction of sp³-hybridized carbons (Fsp3) is 0.238. The number of ketones is 1. The lowest BCUT2D eigenvalue weighted by Gasteiger charge is -2.02. The standard InChI is InChI=1S/C21H20ClN2O2.BrH/c1-26-18-10-6-16(7-11-18)20(25)14-23-13-19(24-12-2-3-21(23)24)15-4-8-17(22)9-5-15;/h4-11,13H,2-3,12,14H2,1H3;1H/q+1;/p-1. The number of hydrogen-bond donors (Lipinski definition) is 0. The Balaban J connectivity index is 0.00000210. The van der Waals surface area contributed by atoms with Crippen LogP contribution in [0.25, 0.3) is 11.3 Å². The average Bonchev–Trinajstić information content (AvgIpc) is 3.26. The van der Waals surface area contributed by atoms with E-state index in [4.69, 9.17) is 16.3 Å². The fourth-order valence-corrected chi connectivity index (χ4v) is 3.65. The molecule has 2 heterocycles. The monoisotopic (exact) mass is 446 g/mol. The summed E-state index contributed by atoms with van der Waals surface area (Å²) in [5.74, 6) is 2.06. The highest BCUT2D eigenvalue weighted by Gasteiger charge is 2.29. The molecule has 2 aromatic carbocycles. The molecule has 0 atom stereocenters. The van der Waals surface area contributed by atoms with Gasteiger partial charge in [0.2, 0.25) is 5.78 Å². The van der Waals surface area contributed by atoms with E-state index in [9.17, 15) is 4.79 Å². The molecule has 1 aromatic heterocycles. The Labute approximate surface area is 174 Å². The molecule has 0 amide bonds. The zero-order valence-electron chi connectivity index (χ0n) is 15.0. The van der Waals surface area contributed by atoms with Crippen LogP contribution in [0.5, 0.6) is 5.75 Å². The minimum Gasteiger partial charge on any atom is -1.00 e. The Morgan fingerprint density at radius 2 is 1.85 bits per heavy atom. The van der Waals surface area contributed by atoms with E-state index in [1.807, 2.05) is 48.5 Å². The lowest BCUT2D eigenvalue weighted by Crippen LogP contribution is -3.00. The summed E-state index contributed by atoms with van der Waals surface area (Å²) in [4.78, 5) is 12.7. The number of halogens is 2. The first-order valence-electron chi connectivity index (χ1n) is 8.71. The molecule has 1 aliphatic rings. The number of nitrogens with zero attached hydrogens (tertiary/aromatic N) is 2. The molecule has 0 unspecified atom stereocenters. The Kier molecular flexibility index (Phi) is 6.02. The van der Waals surface area contributed by atoms with Crippen LogP contribution in [0.1, 0.15) is 22.6 Å². The van der Waals surface area contributed by atoms with Crippen LogP contribution in [0.3, 0.4) is 0 Å². The summed E-state index contributed by atoms with van der Waals surface area (Å²) in [5.41, 5.74) is 2.95. The molecular formula is C21H20BrClN2O2. The second-order valence-corrected chi connectivity index (χ2v) is 6.91. The molecule has 27 heavy (non-hydrogen) atoms. The van der Waals surface area contributed by atoms with Crippen LogP contribution in [-0.2, 0) is 19.5 Å². The van der Waals surface area contributed by atoms with Gasteiger partial charge in [0.1, 0.15) is 11.9 Å². The van der Waals surface area contributed by atoms with E-state index >= 15 is 0 Å². The SMILES string of the molecule is COc1ccc(C(=O)C[n+]2cc(-c3ccc(Cl)cc3)n3c2CCC3)cc1.[Br-]. The van der Waals surface area contributed by atoms with Gasteiger partial charge in [0.15, 0.2) is 12.2 Å². The summed E-state index contributed by atoms with van der Waals surface area (Å²) < 4.78 is 9.56. The predicted octanol–water partition coefficient (Wildman–Crippen LogP) is 0.938. The molecule has 0 N–H and O–H groups in total. The number of ether oxygens (including phenoxy) is 1. The van der Waals surface area contributed by atoms with Gasteiger partial charge in [0.05, 0.1) is 20.1 Å². The van der Waals surface area contributed by atoms with Crippen LogP contribution in [0.4, 0.5) is 0 Å². The van der Waals surface area contributed by atoms with E-state index in [1.165, 1.54) is 5.82 Å². The molecule has 0 fully saturated rings. The van der Waals surface area contributed by atoms with Gasteiger partial charge in [0, 0.05) is 16.1 Å². The molecule has 1 aliphatic heterocycles. The number of fused-ring (bicyclic) bond motifs is 1. The van der Waals surface area contributed by atoms with Crippen LogP contribution in [0, 0.1) is 0 Å². The lowest BCUT2D eigenvalue weighted by atomic mass is 10.1. The van der Waals surface area contributed by atoms with Crippen molar-refractivity contribution < 1.29 is 31.1 Å². The van der Waals surface area contributed by atoms with E-state index in [2.05, 4.69) is 15.3 Å². The molecule has 0 spiro atoms. The quantitative estimate of drug-likeness (QED) is 0.431. The molecule has 3 aromatic rings. The van der Waals surface area contributed by atoms with Gasteiger partial charge < -0.3 is 21.7 Å². The molecule has 0 bridgehead atoms. The Hall–Kier alpha value is -2.11. The van der Waals surface area contributed by atoms with Gasteiger partial charge in [-0.2, -0.15) is 0 Å². The normalized spacial score (nSPS) is 12.4. The van der Waals surface area contributed by atoms with Gasteiger partial charge >= 0.3 is 0 Å². The zero-order chi connectivity index (χ0) is 18.1. The first-order valence-corrected chi connectivity index (χ1v) is 9.08. The maximum atomic E-state index is 12.7. The van der Waals surface area contributed by atoms with Gasteiger partial charge in [-0.25, -0.2) is 9.13 Å². The molecule has 0 saturated carbocycles. The predicted molar refractivity (Wildman–Crippen MR) is 101 cm³/mol. The highest BCUT2D eigenvalue weighted by Crippen LogP contribution is 2.26. The number of methoxy groups -OCH3 is 1. The van der Waals surface area contributed by atoms with Crippen molar-refractivity contribution in [3.8, 4) is 17.0 Å². The average molecular weight is 448 g/mol. The van der Waals surface area contributed by atoms with Gasteiger partial charge in [-0.05, 0) is 55.0 Å². The second-order valence-electron chi connectivity index (χ2n) is 6.47. The van der Waals surface area contributed by atoms with Crippen LogP contribution in [0.2, 0.25) is 5.02 Å². The first-order chi connectivity index (χ1) is 12.7. The van der Waals surface area contributed by atoms with Gasteiger partial charge in [-0.3, -0.25) is 4.79 Å². The largest absolute Gasteiger partial charge is 1.00 e. The summed E-state index contributed by atoms with van der Waals surface area (Å²) in [7, 11) is 1.62. The summed E-state index contributed by atoms with van der Waals surface area (Å²) in [6.07, 6.45) is 4.18. The second kappa shape index (κ2) is 8.28. The van der Waals surface area contributed by atoms with Crippen molar-refractivity contribution in [2.24, 2.45) is 0 Å². The molecule has 4 nitrogen and oxygen atoms in total. The fourth-order valence-electron chi connectivity index (χ4n) is 3.52. The number of imidazole rings is 1. The minimum absolute atomic E-state index is 0. The summed E-state index contributed by atoms with van der Waals surface area (Å²) in [5, 5.41) is 0.726. The Morgan fingerprint density at radius 3 is 2.52 bits per heavy atom. The molecule has 6 heteroatoms. The maximum Gasteiger partial charge on any atom is 0.257 e. The summed E-state index contributed by atoms with van der Waals surface area (Å²) in [6.45, 7) is 1.33. The van der Waals surface area contributed by atoms with Crippen LogP contribution in [-0.4, -0.2) is 17.5 Å². The Morgan fingerprint density at radius 1 is 1.15 bits per heavy atom. The van der Waals surface area contributed by atoms with E-state index in [0.717, 1.165) is 41.4 Å². The third kappa shape index (κ3) is 3.94. The van der Waals surface area contributed by atoms with E-state index in [1.54, 1.807) is 7.11 Å². The summed E-state index contributed by atoms with van der Waals surface area (Å²) >= 11 is 6.01. The first kappa shape index (κ1) is 19.6. The van der Waals surface area contributed by atoms with Crippen molar-refractivity contribution in [1.29, 1.82) is 0 Å². The number of aromatic nitrogens is 2. The van der Waals surface area contributed by atoms with Crippen LogP contribution < -0.4 is 26.3 Å². The molecule has 4 rings (SSSR count). The number of hydrogen-bond acceptors (Lipinski definition) is 2. The lowest BCUT2D eigenvalue weighted by molar-refractivity contribution is -0.689. The molecule has 0 saturated heterocycles. The van der Waals surface area contributed by atoms with E-state index < -0.39 is 0 Å². The van der Waals surface area contributed by atoms with Crippen LogP contribution in [0.15, 0.2) is 54.7 Å². The smallest absolute Gasteiger partial charge is 0.257 e. The minimum atomic E-state index is 0. The molecule has 0 radical (unpaired) electrons. The van der Waals surface area contributed by atoms with Crippen LogP contribution >= 0.6 is 11.6 Å². The van der Waals surface area contributed by atoms with Crippen molar-refractivity contribution in [2.45, 2.75) is 25.9 Å². The summed E-state index contributed by atoms with van der Waals surface area (Å²) in [6, 6.07) is 15.1. The maximum absolute atomic E-state index is 12.7. The molecular weight excluding hydrogens is 428 g/mol.